The van der Waals surface area contributed by atoms with Crippen molar-refractivity contribution in [3.63, 3.8) is 0 Å². The Kier molecular flexibility index (Phi) is 7.04. The third-order valence-electron chi connectivity index (χ3n) is 2.38. The van der Waals surface area contributed by atoms with Gasteiger partial charge in [-0.2, -0.15) is 0 Å². The van der Waals surface area contributed by atoms with Crippen molar-refractivity contribution in [2.24, 2.45) is 0 Å². The summed E-state index contributed by atoms with van der Waals surface area (Å²) >= 11 is 1.24. The van der Waals surface area contributed by atoms with E-state index in [-0.39, 0.29) is 11.5 Å². The lowest BCUT2D eigenvalue weighted by Gasteiger charge is -2.17. The fourth-order valence-corrected chi connectivity index (χ4v) is 2.78. The van der Waals surface area contributed by atoms with Crippen molar-refractivity contribution in [2.45, 2.75) is 5.75 Å². The first-order valence-corrected chi connectivity index (χ1v) is 8.43. The van der Waals surface area contributed by atoms with Crippen LogP contribution in [0.4, 0.5) is 0 Å². The van der Waals surface area contributed by atoms with Crippen LogP contribution in [0.25, 0.3) is 0 Å². The number of ether oxygens (including phenoxy) is 1. The summed E-state index contributed by atoms with van der Waals surface area (Å²) in [6.07, 6.45) is 0. The highest BCUT2D eigenvalue weighted by molar-refractivity contribution is 7.99. The van der Waals surface area contributed by atoms with Gasteiger partial charge in [-0.15, -0.1) is 11.8 Å². The molecule has 0 bridgehead atoms. The average Bonchev–Trinajstić information content (AvgIpc) is 2.47. The van der Waals surface area contributed by atoms with Gasteiger partial charge in [0.15, 0.2) is 11.5 Å². The molecule has 0 spiro atoms. The number of aliphatic carboxylic acids is 1. The van der Waals surface area contributed by atoms with Gasteiger partial charge in [0.2, 0.25) is 0 Å². The number of carbonyl (C=O) groups is 1. The molecule has 1 N–H and O–H groups in total. The number of carboxylic acid groups (broad SMARTS) is 1. The van der Waals surface area contributed by atoms with Gasteiger partial charge >= 0.3 is 13.8 Å². The van der Waals surface area contributed by atoms with Crippen LogP contribution in [-0.4, -0.2) is 38.2 Å². The third kappa shape index (κ3) is 5.59. The lowest BCUT2D eigenvalue weighted by atomic mass is 10.2. The molecule has 118 valence electrons. The topological polar surface area (TPSA) is 91.3 Å². The molecule has 0 saturated heterocycles. The monoisotopic (exact) mass is 336 g/mol. The van der Waals surface area contributed by atoms with Crippen molar-refractivity contribution in [2.75, 3.05) is 27.1 Å². The van der Waals surface area contributed by atoms with Gasteiger partial charge in [0.05, 0.1) is 12.9 Å². The second-order valence-electron chi connectivity index (χ2n) is 3.78. The molecule has 0 heterocycles. The molecule has 0 saturated carbocycles. The molecule has 21 heavy (non-hydrogen) atoms. The Balaban J connectivity index is 2.90. The quantitative estimate of drug-likeness (QED) is 0.688. The first kappa shape index (κ1) is 17.8. The van der Waals surface area contributed by atoms with E-state index in [1.54, 1.807) is 18.2 Å². The summed E-state index contributed by atoms with van der Waals surface area (Å²) < 4.78 is 31.8. The van der Waals surface area contributed by atoms with Crippen LogP contribution in [0, 0.1) is 0 Å². The van der Waals surface area contributed by atoms with E-state index < -0.39 is 13.8 Å². The largest absolute Gasteiger partial charge is 0.529 e. The Morgan fingerprint density at radius 3 is 2.43 bits per heavy atom. The van der Waals surface area contributed by atoms with Gasteiger partial charge in [-0.05, 0) is 17.7 Å². The first-order chi connectivity index (χ1) is 9.94. The minimum absolute atomic E-state index is 0.00312. The van der Waals surface area contributed by atoms with Gasteiger partial charge < -0.3 is 14.4 Å². The highest BCUT2D eigenvalue weighted by Gasteiger charge is 2.26. The van der Waals surface area contributed by atoms with E-state index in [0.29, 0.717) is 11.5 Å². The molecule has 0 amide bonds. The molecule has 0 aliphatic heterocycles. The molecule has 0 fully saturated rings. The van der Waals surface area contributed by atoms with Gasteiger partial charge in [-0.25, -0.2) is 4.57 Å². The highest BCUT2D eigenvalue weighted by atomic mass is 32.2. The maximum atomic E-state index is 12.0. The number of hydrogen-bond acceptors (Lipinski definition) is 7. The predicted molar refractivity (Wildman–Crippen MR) is 79.0 cm³/mol. The molecule has 1 aromatic carbocycles. The van der Waals surface area contributed by atoms with E-state index in [1.807, 2.05) is 0 Å². The Bertz CT molecular complexity index is 526. The second-order valence-corrected chi connectivity index (χ2v) is 6.57. The summed E-state index contributed by atoms with van der Waals surface area (Å²) in [7, 11) is 0.188. The molecule has 0 radical (unpaired) electrons. The maximum absolute atomic E-state index is 12.0. The molecule has 9 heteroatoms. The smallest absolute Gasteiger partial charge is 0.493 e. The number of phosphoric acid groups is 1. The number of rotatable bonds is 9. The van der Waals surface area contributed by atoms with Crippen molar-refractivity contribution in [1.29, 1.82) is 0 Å². The van der Waals surface area contributed by atoms with Crippen LogP contribution in [0.15, 0.2) is 18.2 Å². The van der Waals surface area contributed by atoms with Crippen molar-refractivity contribution in [1.82, 2.24) is 0 Å². The van der Waals surface area contributed by atoms with Crippen LogP contribution in [0.2, 0.25) is 0 Å². The predicted octanol–water partition coefficient (Wildman–Crippen LogP) is 2.79. The van der Waals surface area contributed by atoms with Crippen molar-refractivity contribution in [3.05, 3.63) is 23.8 Å². The summed E-state index contributed by atoms with van der Waals surface area (Å²) in [5, 5.41) is 8.61. The molecule has 0 aliphatic rings. The van der Waals surface area contributed by atoms with Crippen LogP contribution >= 0.6 is 19.6 Å². The number of methoxy groups -OCH3 is 1. The van der Waals surface area contributed by atoms with Crippen LogP contribution in [0.3, 0.4) is 0 Å². The summed E-state index contributed by atoms with van der Waals surface area (Å²) in [5.74, 6) is 0.163. The number of phosphoric ester groups is 1. The van der Waals surface area contributed by atoms with Crippen LogP contribution < -0.4 is 9.26 Å². The molecule has 0 aliphatic carbocycles. The second kappa shape index (κ2) is 8.29. The van der Waals surface area contributed by atoms with Crippen LogP contribution in [-0.2, 0) is 24.2 Å². The van der Waals surface area contributed by atoms with Gasteiger partial charge in [0.1, 0.15) is 0 Å². The van der Waals surface area contributed by atoms with E-state index in [1.165, 1.54) is 33.1 Å². The minimum atomic E-state index is -3.69. The standard InChI is InChI=1S/C12H17O7PS/c1-16-10-5-4-9(7-21-8-12(13)14)6-11(10)19-20(15,17-2)18-3/h4-6H,7-8H2,1-3H3,(H,13,14). The molecular weight excluding hydrogens is 319 g/mol. The Morgan fingerprint density at radius 1 is 1.24 bits per heavy atom. The Labute approximate surface area is 127 Å². The molecule has 7 nitrogen and oxygen atoms in total. The zero-order valence-electron chi connectivity index (χ0n) is 11.9. The highest BCUT2D eigenvalue weighted by Crippen LogP contribution is 2.50. The van der Waals surface area contributed by atoms with Gasteiger partial charge in [0.25, 0.3) is 0 Å². The van der Waals surface area contributed by atoms with Crippen molar-refractivity contribution in [3.8, 4) is 11.5 Å². The lowest BCUT2D eigenvalue weighted by Crippen LogP contribution is -2.00. The van der Waals surface area contributed by atoms with E-state index in [9.17, 15) is 9.36 Å². The molecule has 0 atom stereocenters. The number of thioether (sulfide) groups is 1. The van der Waals surface area contributed by atoms with E-state index in [0.717, 1.165) is 5.56 Å². The molecular formula is C12H17O7PS. The summed E-state index contributed by atoms with van der Waals surface area (Å²) in [4.78, 5) is 10.5. The molecule has 0 unspecified atom stereocenters. The van der Waals surface area contributed by atoms with E-state index in [2.05, 4.69) is 0 Å². The summed E-state index contributed by atoms with van der Waals surface area (Å²) in [6.45, 7) is 0. The Morgan fingerprint density at radius 2 is 1.90 bits per heavy atom. The zero-order chi connectivity index (χ0) is 15.9. The van der Waals surface area contributed by atoms with E-state index >= 15 is 0 Å². The molecule has 0 aromatic heterocycles. The lowest BCUT2D eigenvalue weighted by molar-refractivity contribution is -0.133. The van der Waals surface area contributed by atoms with Crippen molar-refractivity contribution < 1.29 is 32.8 Å². The zero-order valence-corrected chi connectivity index (χ0v) is 13.6. The minimum Gasteiger partial charge on any atom is -0.493 e. The van der Waals surface area contributed by atoms with Gasteiger partial charge in [-0.3, -0.25) is 13.8 Å². The maximum Gasteiger partial charge on any atom is 0.529 e. The number of hydrogen-bond donors (Lipinski definition) is 1. The number of benzene rings is 1. The first-order valence-electron chi connectivity index (χ1n) is 5.81. The van der Waals surface area contributed by atoms with Gasteiger partial charge in [0, 0.05) is 20.0 Å². The van der Waals surface area contributed by atoms with E-state index in [4.69, 9.17) is 23.4 Å². The molecule has 1 aromatic rings. The van der Waals surface area contributed by atoms with Crippen LogP contribution in [0.5, 0.6) is 11.5 Å². The molecule has 1 rings (SSSR count). The summed E-state index contributed by atoms with van der Waals surface area (Å²) in [5.41, 5.74) is 0.802. The fraction of sp³-hybridized carbons (Fsp3) is 0.417. The van der Waals surface area contributed by atoms with Crippen molar-refractivity contribution >= 4 is 25.6 Å². The average molecular weight is 336 g/mol. The fourth-order valence-electron chi connectivity index (χ4n) is 1.41. The summed E-state index contributed by atoms with van der Waals surface area (Å²) in [6, 6.07) is 5.02. The van der Waals surface area contributed by atoms with Gasteiger partial charge in [-0.1, -0.05) is 6.07 Å². The third-order valence-corrected chi connectivity index (χ3v) is 4.68. The normalized spacial score (nSPS) is 11.2. The number of carboxylic acids is 1. The van der Waals surface area contributed by atoms with Crippen LogP contribution in [0.1, 0.15) is 5.56 Å². The SMILES string of the molecule is COc1ccc(CSCC(=O)O)cc1OP(=O)(OC)OC. The Hall–Kier alpha value is -1.21.